The number of carbonyl (C=O) groups excluding carboxylic acids is 2. The fourth-order valence-electron chi connectivity index (χ4n) is 2.57. The van der Waals surface area contributed by atoms with Crippen molar-refractivity contribution in [1.82, 2.24) is 0 Å². The van der Waals surface area contributed by atoms with Gasteiger partial charge in [0.2, 0.25) is 0 Å². The fraction of sp³-hybridized carbons (Fsp3) is 0.333. The van der Waals surface area contributed by atoms with Crippen molar-refractivity contribution < 1.29 is 23.8 Å². The van der Waals surface area contributed by atoms with Crippen LogP contribution in [0.4, 0.5) is 10.5 Å². The van der Waals surface area contributed by atoms with Crippen LogP contribution in [0.2, 0.25) is 0 Å². The number of aryl methyl sites for hydroxylation is 2. The Morgan fingerprint density at radius 2 is 1.63 bits per heavy atom. The Morgan fingerprint density at radius 3 is 2.22 bits per heavy atom. The van der Waals surface area contributed by atoms with E-state index in [0.29, 0.717) is 23.6 Å². The monoisotopic (exact) mass is 371 g/mol. The third-order valence-corrected chi connectivity index (χ3v) is 3.91. The molecule has 2 N–H and O–H groups in total. The summed E-state index contributed by atoms with van der Waals surface area (Å²) >= 11 is 0. The van der Waals surface area contributed by atoms with Gasteiger partial charge in [0, 0.05) is 12.1 Å². The fourth-order valence-corrected chi connectivity index (χ4v) is 2.57. The number of nitrogens with two attached hydrogens (primary N) is 1. The van der Waals surface area contributed by atoms with E-state index in [1.165, 1.54) is 0 Å². The largest absolute Gasteiger partial charge is 0.514 e. The highest BCUT2D eigenvalue weighted by atomic mass is 16.7. The molecule has 144 valence electrons. The minimum Gasteiger partial charge on any atom is -0.429 e. The molecule has 0 aliphatic carbocycles. The molecule has 0 spiro atoms. The van der Waals surface area contributed by atoms with Crippen molar-refractivity contribution in [2.45, 2.75) is 46.6 Å². The Bertz CT molecular complexity index is 776. The molecule has 0 unspecified atom stereocenters. The molecule has 0 saturated heterocycles. The van der Waals surface area contributed by atoms with Gasteiger partial charge < -0.3 is 19.9 Å². The molecular weight excluding hydrogens is 346 g/mol. The molecule has 2 rings (SSSR count). The van der Waals surface area contributed by atoms with Crippen LogP contribution in [-0.4, -0.2) is 12.1 Å². The molecule has 0 heterocycles. The summed E-state index contributed by atoms with van der Waals surface area (Å²) in [6, 6.07) is 10.1. The van der Waals surface area contributed by atoms with Gasteiger partial charge in [-0.2, -0.15) is 0 Å². The van der Waals surface area contributed by atoms with Gasteiger partial charge in [-0.1, -0.05) is 13.3 Å². The average molecular weight is 371 g/mol. The lowest BCUT2D eigenvalue weighted by molar-refractivity contribution is -0.134. The predicted molar refractivity (Wildman–Crippen MR) is 103 cm³/mol. The third-order valence-electron chi connectivity index (χ3n) is 3.91. The van der Waals surface area contributed by atoms with E-state index in [-0.39, 0.29) is 12.6 Å². The smallest absolute Gasteiger partial charge is 0.429 e. The molecule has 0 atom stereocenters. The number of hydrogen-bond donors (Lipinski definition) is 1. The molecule has 0 aromatic heterocycles. The van der Waals surface area contributed by atoms with Crippen molar-refractivity contribution in [3.63, 3.8) is 0 Å². The highest BCUT2D eigenvalue weighted by molar-refractivity contribution is 5.73. The van der Waals surface area contributed by atoms with Gasteiger partial charge in [0.25, 0.3) is 0 Å². The van der Waals surface area contributed by atoms with Crippen LogP contribution in [0.1, 0.15) is 42.9 Å². The van der Waals surface area contributed by atoms with Crippen molar-refractivity contribution >= 4 is 17.8 Å². The SMILES string of the molecule is CCCCC(=O)Oc1c(C)cc(COC(=O)Oc2ccc(N)cc2)cc1C. The van der Waals surface area contributed by atoms with Crippen molar-refractivity contribution in [1.29, 1.82) is 0 Å². The lowest BCUT2D eigenvalue weighted by Gasteiger charge is -2.13. The quantitative estimate of drug-likeness (QED) is 0.329. The highest BCUT2D eigenvalue weighted by Crippen LogP contribution is 2.26. The molecule has 0 saturated carbocycles. The van der Waals surface area contributed by atoms with Crippen LogP contribution < -0.4 is 15.2 Å². The van der Waals surface area contributed by atoms with Crippen molar-refractivity contribution in [3.8, 4) is 11.5 Å². The summed E-state index contributed by atoms with van der Waals surface area (Å²) in [4.78, 5) is 23.7. The zero-order valence-electron chi connectivity index (χ0n) is 15.9. The Kier molecular flexibility index (Phi) is 7.23. The molecule has 2 aromatic carbocycles. The highest BCUT2D eigenvalue weighted by Gasteiger charge is 2.13. The average Bonchev–Trinajstić information content (AvgIpc) is 2.63. The lowest BCUT2D eigenvalue weighted by atomic mass is 10.1. The summed E-state index contributed by atoms with van der Waals surface area (Å²) in [5.41, 5.74) is 8.57. The second-order valence-electron chi connectivity index (χ2n) is 6.35. The number of nitrogen functional groups attached to an aromatic ring is 1. The Hall–Kier alpha value is -3.02. The molecule has 0 aliphatic heterocycles. The molecule has 0 aliphatic rings. The van der Waals surface area contributed by atoms with Crippen molar-refractivity contribution in [2.24, 2.45) is 0 Å². The molecule has 6 nitrogen and oxygen atoms in total. The second-order valence-corrected chi connectivity index (χ2v) is 6.35. The summed E-state index contributed by atoms with van der Waals surface area (Å²) in [6.07, 6.45) is 1.34. The van der Waals surface area contributed by atoms with Gasteiger partial charge in [-0.15, -0.1) is 0 Å². The zero-order chi connectivity index (χ0) is 19.8. The first-order valence-electron chi connectivity index (χ1n) is 8.90. The zero-order valence-corrected chi connectivity index (χ0v) is 15.9. The first-order valence-corrected chi connectivity index (χ1v) is 8.90. The summed E-state index contributed by atoms with van der Waals surface area (Å²) in [6.45, 7) is 5.79. The van der Waals surface area contributed by atoms with E-state index in [4.69, 9.17) is 19.9 Å². The molecule has 27 heavy (non-hydrogen) atoms. The molecule has 0 amide bonds. The van der Waals surface area contributed by atoms with Gasteiger partial charge in [-0.3, -0.25) is 4.79 Å². The maximum atomic E-state index is 11.9. The number of ether oxygens (including phenoxy) is 3. The number of unbranched alkanes of at least 4 members (excludes halogenated alkanes) is 1. The number of benzene rings is 2. The second kappa shape index (κ2) is 9.62. The topological polar surface area (TPSA) is 87.8 Å². The Labute approximate surface area is 159 Å². The van der Waals surface area contributed by atoms with Crippen molar-refractivity contribution in [3.05, 3.63) is 53.1 Å². The third kappa shape index (κ3) is 6.33. The summed E-state index contributed by atoms with van der Waals surface area (Å²) < 4.78 is 15.7. The van der Waals surface area contributed by atoms with Crippen molar-refractivity contribution in [2.75, 3.05) is 5.73 Å². The van der Waals surface area contributed by atoms with E-state index >= 15 is 0 Å². The van der Waals surface area contributed by atoms with Crippen LogP contribution in [0.3, 0.4) is 0 Å². The van der Waals surface area contributed by atoms with E-state index in [9.17, 15) is 9.59 Å². The summed E-state index contributed by atoms with van der Waals surface area (Å²) in [5.74, 6) is 0.680. The normalized spacial score (nSPS) is 10.3. The van der Waals surface area contributed by atoms with E-state index < -0.39 is 6.16 Å². The number of carbonyl (C=O) groups is 2. The standard InChI is InChI=1S/C21H25NO5/c1-4-5-6-19(23)27-20-14(2)11-16(12-15(20)3)13-25-21(24)26-18-9-7-17(22)8-10-18/h7-12H,4-6,13,22H2,1-3H3. The molecule has 0 radical (unpaired) electrons. The Morgan fingerprint density at radius 1 is 1.00 bits per heavy atom. The molecule has 0 fully saturated rings. The summed E-state index contributed by atoms with van der Waals surface area (Å²) in [5, 5.41) is 0. The molecule has 2 aromatic rings. The van der Waals surface area contributed by atoms with Crippen LogP contribution in [-0.2, 0) is 16.1 Å². The number of esters is 1. The number of anilines is 1. The minimum absolute atomic E-state index is 0.0551. The van der Waals surface area contributed by atoms with Crippen LogP contribution in [0.5, 0.6) is 11.5 Å². The number of rotatable bonds is 7. The first kappa shape index (κ1) is 20.3. The maximum absolute atomic E-state index is 11.9. The van der Waals surface area contributed by atoms with E-state index in [1.54, 1.807) is 24.3 Å². The lowest BCUT2D eigenvalue weighted by Crippen LogP contribution is -2.12. The van der Waals surface area contributed by atoms with Crippen LogP contribution in [0.15, 0.2) is 36.4 Å². The van der Waals surface area contributed by atoms with Gasteiger partial charge in [0.1, 0.15) is 18.1 Å². The van der Waals surface area contributed by atoms with E-state index in [0.717, 1.165) is 29.5 Å². The number of hydrogen-bond acceptors (Lipinski definition) is 6. The minimum atomic E-state index is -0.801. The van der Waals surface area contributed by atoms with E-state index in [1.807, 2.05) is 32.9 Å². The van der Waals surface area contributed by atoms with Crippen LogP contribution in [0, 0.1) is 13.8 Å². The first-order chi connectivity index (χ1) is 12.9. The van der Waals surface area contributed by atoms with Gasteiger partial charge in [0.05, 0.1) is 0 Å². The van der Waals surface area contributed by atoms with Gasteiger partial charge >= 0.3 is 12.1 Å². The molecular formula is C21H25NO5. The Balaban J connectivity index is 1.94. The van der Waals surface area contributed by atoms with Gasteiger partial charge in [0.15, 0.2) is 0 Å². The van der Waals surface area contributed by atoms with E-state index in [2.05, 4.69) is 0 Å². The molecule has 0 bridgehead atoms. The summed E-state index contributed by atoms with van der Waals surface area (Å²) in [7, 11) is 0. The van der Waals surface area contributed by atoms with Crippen LogP contribution >= 0.6 is 0 Å². The maximum Gasteiger partial charge on any atom is 0.514 e. The van der Waals surface area contributed by atoms with Crippen LogP contribution in [0.25, 0.3) is 0 Å². The molecule has 6 heteroatoms. The predicted octanol–water partition coefficient (Wildman–Crippen LogP) is 4.70. The van der Waals surface area contributed by atoms with Gasteiger partial charge in [-0.25, -0.2) is 4.79 Å². The van der Waals surface area contributed by atoms with Gasteiger partial charge in [-0.05, 0) is 73.4 Å².